The van der Waals surface area contributed by atoms with E-state index in [0.717, 1.165) is 43.0 Å². The fourth-order valence-corrected chi connectivity index (χ4v) is 5.74. The van der Waals surface area contributed by atoms with Gasteiger partial charge in [0, 0.05) is 46.0 Å². The van der Waals surface area contributed by atoms with Gasteiger partial charge in [-0.3, -0.25) is 9.20 Å². The summed E-state index contributed by atoms with van der Waals surface area (Å²) in [6.45, 7) is 6.09. The third-order valence-electron chi connectivity index (χ3n) is 6.69. The van der Waals surface area contributed by atoms with Crippen molar-refractivity contribution in [3.8, 4) is 0 Å². The first-order valence-corrected chi connectivity index (χ1v) is 14.0. The van der Waals surface area contributed by atoms with Crippen LogP contribution in [0.15, 0.2) is 48.7 Å². The van der Waals surface area contributed by atoms with Gasteiger partial charge in [0.1, 0.15) is 11.5 Å². The van der Waals surface area contributed by atoms with Gasteiger partial charge in [-0.1, -0.05) is 37.3 Å². The largest absolute Gasteiger partial charge is 0.359 e. The lowest BCUT2D eigenvalue weighted by Gasteiger charge is -2.33. The molecule has 0 saturated carbocycles. The predicted octanol–water partition coefficient (Wildman–Crippen LogP) is 3.07. The molecule has 0 spiro atoms. The molecule has 8 nitrogen and oxygen atoms in total. The lowest BCUT2D eigenvalue weighted by molar-refractivity contribution is 0.0697. The average molecular weight is 498 g/mol. The first-order valence-electron chi connectivity index (χ1n) is 12.4. The third kappa shape index (κ3) is 5.51. The molecule has 2 aromatic heterocycles. The van der Waals surface area contributed by atoms with Crippen LogP contribution in [0.3, 0.4) is 0 Å². The SMILES string of the molecule is CCc1nc2ccc(C(=O)N3CCN(S(=O)(=O)CC)CC3)cn2c1N(C)CCCc1ccccc1. The molecule has 1 aromatic carbocycles. The standard InChI is InChI=1S/C26H35N5O3S/c1-4-23-25(28(3)15-9-12-21-10-7-6-8-11-21)31-20-22(13-14-24(31)27-23)26(32)29-16-18-30(19-17-29)35(33,34)5-2/h6-8,10-11,13-14,20H,4-5,9,12,15-19H2,1-3H3. The van der Waals surface area contributed by atoms with Crippen LogP contribution >= 0.6 is 0 Å². The number of aryl methyl sites for hydroxylation is 2. The highest BCUT2D eigenvalue weighted by Gasteiger charge is 2.28. The number of imidazole rings is 1. The maximum Gasteiger partial charge on any atom is 0.255 e. The van der Waals surface area contributed by atoms with Gasteiger partial charge in [0.15, 0.2) is 0 Å². The van der Waals surface area contributed by atoms with Crippen LogP contribution in [0.25, 0.3) is 5.65 Å². The molecule has 35 heavy (non-hydrogen) atoms. The summed E-state index contributed by atoms with van der Waals surface area (Å²) in [6.07, 6.45) is 4.70. The van der Waals surface area contributed by atoms with Crippen molar-refractivity contribution in [3.05, 3.63) is 65.5 Å². The van der Waals surface area contributed by atoms with Crippen molar-refractivity contribution < 1.29 is 13.2 Å². The summed E-state index contributed by atoms with van der Waals surface area (Å²) in [5.41, 5.74) is 3.75. The second-order valence-electron chi connectivity index (χ2n) is 8.98. The fourth-order valence-electron chi connectivity index (χ4n) is 4.65. The molecule has 1 amide bonds. The molecule has 0 N–H and O–H groups in total. The number of hydrogen-bond donors (Lipinski definition) is 0. The van der Waals surface area contributed by atoms with Gasteiger partial charge in [0.25, 0.3) is 5.91 Å². The van der Waals surface area contributed by atoms with E-state index in [9.17, 15) is 13.2 Å². The first kappa shape index (κ1) is 25.2. The van der Waals surface area contributed by atoms with Crippen LogP contribution in [0.4, 0.5) is 5.82 Å². The van der Waals surface area contributed by atoms with Crippen molar-refractivity contribution in [2.75, 3.05) is 50.4 Å². The Labute approximate surface area is 208 Å². The number of anilines is 1. The maximum atomic E-state index is 13.3. The van der Waals surface area contributed by atoms with E-state index in [1.807, 2.05) is 28.8 Å². The molecule has 4 rings (SSSR count). The average Bonchev–Trinajstić information content (AvgIpc) is 3.27. The lowest BCUT2D eigenvalue weighted by Crippen LogP contribution is -2.50. The van der Waals surface area contributed by atoms with Crippen molar-refractivity contribution in [2.45, 2.75) is 33.1 Å². The summed E-state index contributed by atoms with van der Waals surface area (Å²) >= 11 is 0. The predicted molar refractivity (Wildman–Crippen MR) is 140 cm³/mol. The normalized spacial score (nSPS) is 15.0. The molecule has 9 heteroatoms. The third-order valence-corrected chi connectivity index (χ3v) is 8.57. The number of amides is 1. The molecule has 1 aliphatic heterocycles. The van der Waals surface area contributed by atoms with E-state index < -0.39 is 10.0 Å². The molecule has 1 aliphatic rings. The van der Waals surface area contributed by atoms with Crippen molar-refractivity contribution in [2.24, 2.45) is 0 Å². The molecule has 1 fully saturated rings. The minimum absolute atomic E-state index is 0.0788. The zero-order valence-electron chi connectivity index (χ0n) is 20.9. The zero-order chi connectivity index (χ0) is 25.0. The summed E-state index contributed by atoms with van der Waals surface area (Å²) in [6, 6.07) is 14.2. The first-order chi connectivity index (χ1) is 16.8. The zero-order valence-corrected chi connectivity index (χ0v) is 21.7. The van der Waals surface area contributed by atoms with Crippen molar-refractivity contribution in [1.29, 1.82) is 0 Å². The number of aromatic nitrogens is 2. The van der Waals surface area contributed by atoms with Crippen molar-refractivity contribution in [3.63, 3.8) is 0 Å². The van der Waals surface area contributed by atoms with Gasteiger partial charge in [-0.25, -0.2) is 13.4 Å². The van der Waals surface area contributed by atoms with E-state index in [2.05, 4.69) is 43.1 Å². The number of hydrogen-bond acceptors (Lipinski definition) is 5. The summed E-state index contributed by atoms with van der Waals surface area (Å²) in [7, 11) is -1.15. The molecule has 0 radical (unpaired) electrons. The Morgan fingerprint density at radius 2 is 1.74 bits per heavy atom. The topological polar surface area (TPSA) is 78.2 Å². The van der Waals surface area contributed by atoms with E-state index in [0.29, 0.717) is 31.7 Å². The van der Waals surface area contributed by atoms with Gasteiger partial charge in [-0.05, 0) is 43.9 Å². The highest BCUT2D eigenvalue weighted by Crippen LogP contribution is 2.24. The summed E-state index contributed by atoms with van der Waals surface area (Å²) in [5.74, 6) is 1.02. The van der Waals surface area contributed by atoms with E-state index in [1.165, 1.54) is 9.87 Å². The molecule has 3 heterocycles. The Morgan fingerprint density at radius 3 is 2.40 bits per heavy atom. The minimum atomic E-state index is -3.23. The van der Waals surface area contributed by atoms with Crippen LogP contribution in [-0.2, 0) is 22.9 Å². The summed E-state index contributed by atoms with van der Waals surface area (Å²) < 4.78 is 27.8. The quantitative estimate of drug-likeness (QED) is 0.454. The number of fused-ring (bicyclic) bond motifs is 1. The van der Waals surface area contributed by atoms with Crippen LogP contribution in [0.5, 0.6) is 0 Å². The van der Waals surface area contributed by atoms with Gasteiger partial charge < -0.3 is 9.80 Å². The van der Waals surface area contributed by atoms with Crippen LogP contribution in [0, 0.1) is 0 Å². The van der Waals surface area contributed by atoms with Gasteiger partial charge >= 0.3 is 0 Å². The van der Waals surface area contributed by atoms with E-state index in [1.54, 1.807) is 11.8 Å². The Kier molecular flexibility index (Phi) is 7.76. The number of carbonyl (C=O) groups is 1. The number of sulfonamides is 1. The Bertz CT molecular complexity index is 1260. The maximum absolute atomic E-state index is 13.3. The Morgan fingerprint density at radius 1 is 1.03 bits per heavy atom. The molecule has 0 unspecified atom stereocenters. The fraction of sp³-hybridized carbons (Fsp3) is 0.462. The second kappa shape index (κ2) is 10.8. The van der Waals surface area contributed by atoms with Crippen LogP contribution < -0.4 is 4.90 Å². The van der Waals surface area contributed by atoms with Crippen molar-refractivity contribution >= 4 is 27.4 Å². The van der Waals surface area contributed by atoms with E-state index in [-0.39, 0.29) is 11.7 Å². The Balaban J connectivity index is 1.50. The molecular weight excluding hydrogens is 462 g/mol. The van der Waals surface area contributed by atoms with E-state index >= 15 is 0 Å². The molecule has 1 saturated heterocycles. The second-order valence-corrected chi connectivity index (χ2v) is 11.2. The lowest BCUT2D eigenvalue weighted by atomic mass is 10.1. The monoisotopic (exact) mass is 497 g/mol. The van der Waals surface area contributed by atoms with Crippen LogP contribution in [0.1, 0.15) is 41.9 Å². The van der Waals surface area contributed by atoms with Crippen LogP contribution in [-0.4, -0.2) is 78.4 Å². The molecule has 3 aromatic rings. The van der Waals surface area contributed by atoms with Gasteiger partial charge in [-0.2, -0.15) is 4.31 Å². The number of benzene rings is 1. The number of piperazine rings is 1. The van der Waals surface area contributed by atoms with E-state index in [4.69, 9.17) is 4.98 Å². The molecule has 0 aliphatic carbocycles. The van der Waals surface area contributed by atoms with Crippen LogP contribution in [0.2, 0.25) is 0 Å². The summed E-state index contributed by atoms with van der Waals surface area (Å²) in [4.78, 5) is 22.0. The highest BCUT2D eigenvalue weighted by atomic mass is 32.2. The molecular formula is C26H35N5O3S. The van der Waals surface area contributed by atoms with Gasteiger partial charge in [0.05, 0.1) is 17.0 Å². The minimum Gasteiger partial charge on any atom is -0.359 e. The van der Waals surface area contributed by atoms with Gasteiger partial charge in [0.2, 0.25) is 10.0 Å². The van der Waals surface area contributed by atoms with Gasteiger partial charge in [-0.15, -0.1) is 0 Å². The molecule has 188 valence electrons. The number of nitrogens with zero attached hydrogens (tertiary/aromatic N) is 5. The number of rotatable bonds is 9. The smallest absolute Gasteiger partial charge is 0.255 e. The van der Waals surface area contributed by atoms with Crippen molar-refractivity contribution in [1.82, 2.24) is 18.6 Å². The Hall–Kier alpha value is -2.91. The number of pyridine rings is 1. The number of carbonyl (C=O) groups excluding carboxylic acids is 1. The molecule has 0 atom stereocenters. The highest BCUT2D eigenvalue weighted by molar-refractivity contribution is 7.89. The summed E-state index contributed by atoms with van der Waals surface area (Å²) in [5, 5.41) is 0. The molecule has 0 bridgehead atoms.